The number of carbonyl (C=O) groups is 1. The van der Waals surface area contributed by atoms with Crippen LogP contribution in [0.4, 0.5) is 5.82 Å². The third-order valence-electron chi connectivity index (χ3n) is 2.45. The number of rotatable bonds is 2. The molecule has 0 spiro atoms. The molecule has 2 aromatic heterocycles. The first-order chi connectivity index (χ1) is 9.37. The largest absolute Gasteiger partial charge is 0.383 e. The van der Waals surface area contributed by atoms with Crippen LogP contribution in [0, 0.1) is 0 Å². The predicted molar refractivity (Wildman–Crippen MR) is 76.9 cm³/mol. The van der Waals surface area contributed by atoms with E-state index in [1.807, 2.05) is 26.8 Å². The number of nitrogens with two attached hydrogens (primary N) is 1. The second kappa shape index (κ2) is 5.24. The van der Waals surface area contributed by atoms with Crippen molar-refractivity contribution >= 4 is 11.7 Å². The highest BCUT2D eigenvalue weighted by Crippen LogP contribution is 2.15. The fourth-order valence-electron chi connectivity index (χ4n) is 1.60. The van der Waals surface area contributed by atoms with Gasteiger partial charge >= 0.3 is 0 Å². The summed E-state index contributed by atoms with van der Waals surface area (Å²) < 4.78 is 0. The Kier molecular flexibility index (Phi) is 3.65. The molecule has 0 bridgehead atoms. The van der Waals surface area contributed by atoms with Crippen LogP contribution in [0.3, 0.4) is 0 Å². The molecule has 0 radical (unpaired) electrons. The highest BCUT2D eigenvalue weighted by molar-refractivity contribution is 5.98. The van der Waals surface area contributed by atoms with Gasteiger partial charge in [-0.05, 0) is 32.9 Å². The van der Waals surface area contributed by atoms with Gasteiger partial charge in [0.2, 0.25) is 0 Å². The molecule has 0 fully saturated rings. The van der Waals surface area contributed by atoms with E-state index in [1.165, 1.54) is 6.20 Å². The summed E-state index contributed by atoms with van der Waals surface area (Å²) >= 11 is 0. The lowest BCUT2D eigenvalue weighted by Crippen LogP contribution is -2.41. The van der Waals surface area contributed by atoms with Gasteiger partial charge in [-0.1, -0.05) is 6.07 Å². The van der Waals surface area contributed by atoms with Gasteiger partial charge in [0, 0.05) is 17.9 Å². The molecule has 0 saturated heterocycles. The molecule has 6 nitrogen and oxygen atoms in total. The van der Waals surface area contributed by atoms with Crippen molar-refractivity contribution in [3.8, 4) is 11.5 Å². The zero-order chi connectivity index (χ0) is 14.8. The maximum atomic E-state index is 12.0. The molecule has 2 aromatic rings. The van der Waals surface area contributed by atoms with Crippen LogP contribution in [0.25, 0.3) is 11.5 Å². The summed E-state index contributed by atoms with van der Waals surface area (Å²) in [5, 5.41) is 2.82. The fourth-order valence-corrected chi connectivity index (χ4v) is 1.60. The summed E-state index contributed by atoms with van der Waals surface area (Å²) in [5.74, 6) is 0.250. The number of anilines is 1. The number of nitrogens with one attached hydrogen (secondary N) is 1. The van der Waals surface area contributed by atoms with Crippen LogP contribution in [0.5, 0.6) is 0 Å². The maximum absolute atomic E-state index is 12.0. The first-order valence-electron chi connectivity index (χ1n) is 6.23. The van der Waals surface area contributed by atoms with Crippen molar-refractivity contribution < 1.29 is 4.79 Å². The van der Waals surface area contributed by atoms with Gasteiger partial charge in [-0.2, -0.15) is 0 Å². The number of nitrogen functional groups attached to an aromatic ring is 1. The van der Waals surface area contributed by atoms with Crippen LogP contribution >= 0.6 is 0 Å². The Bertz CT molecular complexity index is 619. The molecule has 6 heteroatoms. The lowest BCUT2D eigenvalue weighted by molar-refractivity contribution is 0.0920. The van der Waals surface area contributed by atoms with E-state index in [-0.39, 0.29) is 22.8 Å². The molecule has 0 aliphatic rings. The molecule has 1 amide bonds. The number of aromatic nitrogens is 3. The van der Waals surface area contributed by atoms with Gasteiger partial charge in [0.05, 0.1) is 5.56 Å². The maximum Gasteiger partial charge on any atom is 0.257 e. The van der Waals surface area contributed by atoms with Crippen molar-refractivity contribution in [3.63, 3.8) is 0 Å². The van der Waals surface area contributed by atoms with E-state index >= 15 is 0 Å². The minimum absolute atomic E-state index is 0.141. The monoisotopic (exact) mass is 271 g/mol. The molecule has 3 N–H and O–H groups in total. The predicted octanol–water partition coefficient (Wildman–Crippen LogP) is 1.65. The third-order valence-corrected chi connectivity index (χ3v) is 2.45. The molecule has 20 heavy (non-hydrogen) atoms. The van der Waals surface area contributed by atoms with Crippen LogP contribution in [0.1, 0.15) is 31.1 Å². The standard InChI is InChI=1S/C14H17N5O/c1-14(2,3)19-13(20)9-8-17-12(18-11(9)15)10-6-4-5-7-16-10/h4-8H,1-3H3,(H,19,20)(H2,15,17,18). The minimum atomic E-state index is -0.344. The van der Waals surface area contributed by atoms with Crippen molar-refractivity contribution in [2.75, 3.05) is 5.73 Å². The summed E-state index contributed by atoms with van der Waals surface area (Å²) in [7, 11) is 0. The smallest absolute Gasteiger partial charge is 0.257 e. The summed E-state index contributed by atoms with van der Waals surface area (Å²) in [6.07, 6.45) is 3.07. The van der Waals surface area contributed by atoms with Crippen molar-refractivity contribution in [3.05, 3.63) is 36.2 Å². The normalized spacial score (nSPS) is 11.2. The molecule has 104 valence electrons. The van der Waals surface area contributed by atoms with Crippen molar-refractivity contribution in [2.24, 2.45) is 0 Å². The summed E-state index contributed by atoms with van der Waals surface area (Å²) in [6, 6.07) is 5.42. The van der Waals surface area contributed by atoms with Crippen molar-refractivity contribution in [1.29, 1.82) is 0 Å². The van der Waals surface area contributed by atoms with E-state index < -0.39 is 0 Å². The van der Waals surface area contributed by atoms with Gasteiger partial charge < -0.3 is 11.1 Å². The van der Waals surface area contributed by atoms with Crippen LogP contribution in [0.2, 0.25) is 0 Å². The molecular formula is C14H17N5O. The van der Waals surface area contributed by atoms with Gasteiger partial charge in [-0.15, -0.1) is 0 Å². The van der Waals surface area contributed by atoms with Gasteiger partial charge in [-0.3, -0.25) is 9.78 Å². The minimum Gasteiger partial charge on any atom is -0.383 e. The average molecular weight is 271 g/mol. The van der Waals surface area contributed by atoms with Crippen LogP contribution < -0.4 is 11.1 Å². The average Bonchev–Trinajstić information content (AvgIpc) is 2.37. The SMILES string of the molecule is CC(C)(C)NC(=O)c1cnc(-c2ccccn2)nc1N. The number of nitrogens with zero attached hydrogens (tertiary/aromatic N) is 3. The Hall–Kier alpha value is -2.50. The van der Waals surface area contributed by atoms with E-state index in [2.05, 4.69) is 20.3 Å². The van der Waals surface area contributed by atoms with Crippen molar-refractivity contribution in [2.45, 2.75) is 26.3 Å². The third kappa shape index (κ3) is 3.28. The summed E-state index contributed by atoms with van der Waals surface area (Å²) in [5.41, 5.74) is 6.37. The zero-order valence-corrected chi connectivity index (χ0v) is 11.7. The van der Waals surface area contributed by atoms with Gasteiger partial charge in [0.15, 0.2) is 5.82 Å². The molecule has 0 aromatic carbocycles. The lowest BCUT2D eigenvalue weighted by Gasteiger charge is -2.20. The second-order valence-corrected chi connectivity index (χ2v) is 5.41. The Morgan fingerprint density at radius 2 is 2.00 bits per heavy atom. The zero-order valence-electron chi connectivity index (χ0n) is 11.7. The number of amides is 1. The molecule has 0 unspecified atom stereocenters. The molecule has 2 heterocycles. The second-order valence-electron chi connectivity index (χ2n) is 5.41. The Balaban J connectivity index is 2.29. The van der Waals surface area contributed by atoms with Crippen LogP contribution in [0.15, 0.2) is 30.6 Å². The number of carbonyl (C=O) groups excluding carboxylic acids is 1. The molecule has 0 saturated carbocycles. The Morgan fingerprint density at radius 1 is 1.25 bits per heavy atom. The van der Waals surface area contributed by atoms with Crippen LogP contribution in [-0.4, -0.2) is 26.4 Å². The Labute approximate surface area is 117 Å². The summed E-state index contributed by atoms with van der Waals surface area (Å²) in [6.45, 7) is 5.68. The van der Waals surface area contributed by atoms with Crippen LogP contribution in [-0.2, 0) is 0 Å². The first-order valence-corrected chi connectivity index (χ1v) is 6.23. The summed E-state index contributed by atoms with van der Waals surface area (Å²) in [4.78, 5) is 24.5. The molecule has 0 aliphatic carbocycles. The van der Waals surface area contributed by atoms with E-state index in [0.29, 0.717) is 11.5 Å². The van der Waals surface area contributed by atoms with Gasteiger partial charge in [0.25, 0.3) is 5.91 Å². The van der Waals surface area contributed by atoms with Crippen molar-refractivity contribution in [1.82, 2.24) is 20.3 Å². The highest BCUT2D eigenvalue weighted by atomic mass is 16.1. The molecule has 0 atom stereocenters. The molecular weight excluding hydrogens is 254 g/mol. The number of pyridine rings is 1. The number of hydrogen-bond donors (Lipinski definition) is 2. The number of hydrogen-bond acceptors (Lipinski definition) is 5. The van der Waals surface area contributed by atoms with E-state index in [9.17, 15) is 4.79 Å². The topological polar surface area (TPSA) is 93.8 Å². The molecule has 2 rings (SSSR count). The Morgan fingerprint density at radius 3 is 2.55 bits per heavy atom. The van der Waals surface area contributed by atoms with E-state index in [4.69, 9.17) is 5.73 Å². The quantitative estimate of drug-likeness (QED) is 0.866. The molecule has 0 aliphatic heterocycles. The van der Waals surface area contributed by atoms with E-state index in [0.717, 1.165) is 0 Å². The fraction of sp³-hybridized carbons (Fsp3) is 0.286. The van der Waals surface area contributed by atoms with Gasteiger partial charge in [0.1, 0.15) is 11.5 Å². The first kappa shape index (κ1) is 13.9. The highest BCUT2D eigenvalue weighted by Gasteiger charge is 2.19. The van der Waals surface area contributed by atoms with E-state index in [1.54, 1.807) is 18.3 Å². The van der Waals surface area contributed by atoms with Gasteiger partial charge in [-0.25, -0.2) is 9.97 Å². The lowest BCUT2D eigenvalue weighted by atomic mass is 10.1.